The fraction of sp³-hybridized carbons (Fsp3) is 0. The van der Waals surface area contributed by atoms with Gasteiger partial charge in [0.15, 0.2) is 0 Å². The van der Waals surface area contributed by atoms with E-state index >= 15 is 0 Å². The first kappa shape index (κ1) is 431. The molecular formula is H6F4Te. The third-order valence-electron chi connectivity index (χ3n) is 0. The zero-order valence-electron chi connectivity index (χ0n) is 2.13. The molecule has 0 aromatic heterocycles. The van der Waals surface area contributed by atoms with Crippen LogP contribution in [0.2, 0.25) is 0 Å². The third kappa shape index (κ3) is 109. The van der Waals surface area contributed by atoms with Gasteiger partial charge in [-0.05, 0) is 0 Å². The summed E-state index contributed by atoms with van der Waals surface area (Å²) >= 11 is 0. The van der Waals surface area contributed by atoms with E-state index in [9.17, 15) is 0 Å². The molecule has 0 atom stereocenters. The Morgan fingerprint density at radius 2 is 0.400 bits per heavy atom. The van der Waals surface area contributed by atoms with Gasteiger partial charge in [-0.25, -0.2) is 0 Å². The summed E-state index contributed by atoms with van der Waals surface area (Å²) < 4.78 is 0. The van der Waals surface area contributed by atoms with Crippen molar-refractivity contribution in [2.75, 3.05) is 0 Å². The van der Waals surface area contributed by atoms with Crippen molar-refractivity contribution in [1.82, 2.24) is 0 Å². The van der Waals surface area contributed by atoms with E-state index in [0.29, 0.717) is 0 Å². The summed E-state index contributed by atoms with van der Waals surface area (Å²) in [6.07, 6.45) is 0. The maximum atomic E-state index is 0. The number of rotatable bonds is 0. The van der Waals surface area contributed by atoms with Crippen LogP contribution in [0.4, 0.5) is 18.8 Å². The van der Waals surface area contributed by atoms with E-state index in [2.05, 4.69) is 0 Å². The average Bonchev–Trinajstić information content (AvgIpc) is 0. The molecule has 5 heavy (non-hydrogen) atoms. The Balaban J connectivity index is 0. The van der Waals surface area contributed by atoms with Crippen LogP contribution in [0.3, 0.4) is 0 Å². The minimum absolute atomic E-state index is 0. The van der Waals surface area contributed by atoms with E-state index in [1.807, 2.05) is 0 Å². The van der Waals surface area contributed by atoms with Crippen molar-refractivity contribution in [3.05, 3.63) is 0 Å². The molecule has 0 nitrogen and oxygen atoms in total. The van der Waals surface area contributed by atoms with Gasteiger partial charge in [0.2, 0.25) is 0 Å². The summed E-state index contributed by atoms with van der Waals surface area (Å²) in [6.45, 7) is 0. The zero-order chi connectivity index (χ0) is 0. The molecule has 0 bridgehead atoms. The molecule has 0 aromatic carbocycles. The second-order valence-electron chi connectivity index (χ2n) is 0. The van der Waals surface area contributed by atoms with Gasteiger partial charge in [0.05, 0.1) is 0 Å². The van der Waals surface area contributed by atoms with Crippen LogP contribution in [0.1, 0.15) is 0 Å². The Bertz CT molecular complexity index is 3.61. The topological polar surface area (TPSA) is 0 Å². The van der Waals surface area contributed by atoms with E-state index in [4.69, 9.17) is 0 Å². The molecule has 0 aromatic rings. The maximum absolute atomic E-state index is 0. The van der Waals surface area contributed by atoms with Gasteiger partial charge >= 0.3 is 23.7 Å². The van der Waals surface area contributed by atoms with Gasteiger partial charge in [-0.15, -0.1) is 0 Å². The van der Waals surface area contributed by atoms with E-state index in [0.717, 1.165) is 0 Å². The molecule has 0 saturated carbocycles. The van der Waals surface area contributed by atoms with Crippen LogP contribution >= 0.6 is 0 Å². The second kappa shape index (κ2) is 214. The Kier molecular flexibility index (Phi) is 18500. The molecule has 0 aliphatic rings. The summed E-state index contributed by atoms with van der Waals surface area (Å²) in [5.74, 6) is 0. The fourth-order valence-corrected chi connectivity index (χ4v) is 0. The van der Waals surface area contributed by atoms with Gasteiger partial charge in [0, 0.05) is 0 Å². The van der Waals surface area contributed by atoms with Gasteiger partial charge in [-0.2, -0.15) is 0 Å². The van der Waals surface area contributed by atoms with Crippen molar-refractivity contribution in [2.45, 2.75) is 0 Å². The first-order chi connectivity index (χ1) is 0. The van der Waals surface area contributed by atoms with Crippen molar-refractivity contribution < 1.29 is 18.8 Å². The molecule has 0 spiro atoms. The summed E-state index contributed by atoms with van der Waals surface area (Å²) in [5.41, 5.74) is 0. The van der Waals surface area contributed by atoms with E-state index in [1.165, 1.54) is 0 Å². The van der Waals surface area contributed by atoms with Crippen molar-refractivity contribution in [3.63, 3.8) is 0 Å². The number of hydrogen-bond donors (Lipinski definition) is 0. The molecule has 0 aliphatic carbocycles. The van der Waals surface area contributed by atoms with Gasteiger partial charge < -0.3 is 0 Å². The normalized spacial score (nSPS) is 0. The minimum atomic E-state index is 0. The molecule has 5 heteroatoms. The van der Waals surface area contributed by atoms with Crippen molar-refractivity contribution in [2.24, 2.45) is 0 Å². The van der Waals surface area contributed by atoms with Crippen LogP contribution in [-0.4, -0.2) is 23.7 Å². The Morgan fingerprint density at radius 3 is 0.400 bits per heavy atom. The van der Waals surface area contributed by atoms with Crippen LogP contribution in [-0.2, 0) is 0 Å². The molecule has 0 unspecified atom stereocenters. The van der Waals surface area contributed by atoms with Crippen molar-refractivity contribution in [1.29, 1.82) is 0 Å². The van der Waals surface area contributed by atoms with E-state index < -0.39 is 0 Å². The predicted octanol–water partition coefficient (Wildman–Crippen LogP) is -0.306. The van der Waals surface area contributed by atoms with Crippen molar-refractivity contribution >= 4 is 23.7 Å². The number of halogens is 4. The monoisotopic (exact) mass is 212 g/mol. The third-order valence-corrected chi connectivity index (χ3v) is 0. The molecule has 0 fully saturated rings. The summed E-state index contributed by atoms with van der Waals surface area (Å²) in [4.78, 5) is 0. The van der Waals surface area contributed by atoms with Gasteiger partial charge in [0.25, 0.3) is 0 Å². The molecule has 0 amide bonds. The molecule has 0 N–H and O–H groups in total. The first-order valence-electron chi connectivity index (χ1n) is 0. The van der Waals surface area contributed by atoms with Gasteiger partial charge in [0.1, 0.15) is 0 Å². The second-order valence-corrected chi connectivity index (χ2v) is 0. The van der Waals surface area contributed by atoms with Crippen LogP contribution < -0.4 is 0 Å². The number of hydrogen-bond acceptors (Lipinski definition) is 0. The van der Waals surface area contributed by atoms with Gasteiger partial charge in [-0.1, -0.05) is 0 Å². The standard InChI is InChI=1S/4FH.H2Te/h4*1H;1H2. The van der Waals surface area contributed by atoms with Crippen LogP contribution in [0.25, 0.3) is 0 Å². The summed E-state index contributed by atoms with van der Waals surface area (Å²) in [6, 6.07) is 0. The van der Waals surface area contributed by atoms with Crippen LogP contribution in [0, 0.1) is 0 Å². The van der Waals surface area contributed by atoms with E-state index in [1.54, 1.807) is 0 Å². The molecule has 0 radical (unpaired) electrons. The molecule has 40 valence electrons. The Morgan fingerprint density at radius 1 is 0.400 bits per heavy atom. The van der Waals surface area contributed by atoms with Gasteiger partial charge in [-0.3, -0.25) is 18.8 Å². The average molecular weight is 210 g/mol. The first-order valence-corrected chi connectivity index (χ1v) is 0. The Hall–Kier alpha value is 0.510. The van der Waals surface area contributed by atoms with E-state index in [-0.39, 0.29) is 42.5 Å². The fourth-order valence-electron chi connectivity index (χ4n) is 0. The molecule has 0 heterocycles. The summed E-state index contributed by atoms with van der Waals surface area (Å²) in [5, 5.41) is 0. The molecule has 0 aliphatic heterocycles. The molecular weight excluding hydrogens is 204 g/mol. The van der Waals surface area contributed by atoms with Crippen LogP contribution in [0.15, 0.2) is 0 Å². The SMILES string of the molecule is F.F.F.F.[TeH2]. The molecule has 0 saturated heterocycles. The Labute approximate surface area is 43.1 Å². The predicted molar refractivity (Wildman–Crippen MR) is 18.6 cm³/mol. The molecule has 0 rings (SSSR count). The summed E-state index contributed by atoms with van der Waals surface area (Å²) in [7, 11) is 0. The quantitative estimate of drug-likeness (QED) is 0.380. The van der Waals surface area contributed by atoms with Crippen molar-refractivity contribution in [3.8, 4) is 0 Å². The van der Waals surface area contributed by atoms with Crippen LogP contribution in [0.5, 0.6) is 0 Å². The zero-order valence-corrected chi connectivity index (χ0v) is 4.99.